The summed E-state index contributed by atoms with van der Waals surface area (Å²) in [5, 5.41) is 1.72. The quantitative estimate of drug-likeness (QED) is 0.524. The lowest BCUT2D eigenvalue weighted by atomic mass is 10.2. The van der Waals surface area contributed by atoms with Gasteiger partial charge in [-0.3, -0.25) is 9.59 Å². The lowest BCUT2D eigenvalue weighted by molar-refractivity contribution is -0.138. The van der Waals surface area contributed by atoms with Gasteiger partial charge in [0.15, 0.2) is 6.10 Å². The van der Waals surface area contributed by atoms with E-state index in [1.54, 1.807) is 48.2 Å². The summed E-state index contributed by atoms with van der Waals surface area (Å²) in [5.41, 5.74) is 0.190. The molecule has 0 spiro atoms. The van der Waals surface area contributed by atoms with Crippen LogP contribution in [0.25, 0.3) is 10.9 Å². The van der Waals surface area contributed by atoms with E-state index in [-0.39, 0.29) is 18.0 Å². The van der Waals surface area contributed by atoms with Crippen LogP contribution in [0.5, 0.6) is 5.75 Å². The molecule has 0 saturated heterocycles. The van der Waals surface area contributed by atoms with Crippen LogP contribution in [0, 0.1) is 0 Å². The third kappa shape index (κ3) is 5.25. The number of amides is 1. The molecule has 0 aliphatic heterocycles. The predicted molar refractivity (Wildman–Crippen MR) is 120 cm³/mol. The maximum absolute atomic E-state index is 13.0. The lowest BCUT2D eigenvalue weighted by Gasteiger charge is -2.25. The molecule has 0 fully saturated rings. The van der Waals surface area contributed by atoms with E-state index in [2.05, 4.69) is 9.97 Å². The number of nitrogens with zero attached hydrogens (tertiary/aromatic N) is 2. The predicted octanol–water partition coefficient (Wildman–Crippen LogP) is 5.09. The first-order valence-electron chi connectivity index (χ1n) is 9.37. The summed E-state index contributed by atoms with van der Waals surface area (Å²) in [6.07, 6.45) is -0.0686. The van der Waals surface area contributed by atoms with E-state index in [0.717, 1.165) is 6.42 Å². The zero-order valence-electron chi connectivity index (χ0n) is 16.4. The average Bonchev–Trinajstić information content (AvgIpc) is 2.68. The van der Waals surface area contributed by atoms with Gasteiger partial charge < -0.3 is 14.6 Å². The van der Waals surface area contributed by atoms with Gasteiger partial charge in [-0.25, -0.2) is 4.98 Å². The minimum absolute atomic E-state index is 0.131. The number of rotatable bonds is 7. The highest BCUT2D eigenvalue weighted by atomic mass is 35.5. The van der Waals surface area contributed by atoms with E-state index in [4.69, 9.17) is 39.5 Å². The molecular weight excluding hydrogens is 449 g/mol. The summed E-state index contributed by atoms with van der Waals surface area (Å²) in [6.45, 7) is 4.20. The number of aromatic amines is 1. The van der Waals surface area contributed by atoms with Crippen molar-refractivity contribution in [3.05, 3.63) is 67.6 Å². The summed E-state index contributed by atoms with van der Waals surface area (Å²) in [5.74, 6) is 0.482. The van der Waals surface area contributed by atoms with Gasteiger partial charge in [0.1, 0.15) is 11.6 Å². The summed E-state index contributed by atoms with van der Waals surface area (Å²) in [6, 6.07) is 9.68. The summed E-state index contributed by atoms with van der Waals surface area (Å²) < 4.78 is 5.75. The Balaban J connectivity index is 1.81. The van der Waals surface area contributed by atoms with Crippen LogP contribution in [-0.2, 0) is 11.3 Å². The zero-order valence-corrected chi connectivity index (χ0v) is 18.7. The molecule has 1 amide bonds. The minimum Gasteiger partial charge on any atom is -0.479 e. The first kappa shape index (κ1) is 22.4. The highest BCUT2D eigenvalue weighted by Crippen LogP contribution is 2.28. The van der Waals surface area contributed by atoms with Crippen LogP contribution in [0.2, 0.25) is 15.1 Å². The molecule has 1 heterocycles. The number of carbonyl (C=O) groups excluding carboxylic acids is 1. The number of H-pyrrole nitrogens is 1. The molecule has 1 unspecified atom stereocenters. The molecule has 0 bridgehead atoms. The topological polar surface area (TPSA) is 75.3 Å². The Kier molecular flexibility index (Phi) is 7.23. The molecule has 0 aliphatic carbocycles. The summed E-state index contributed by atoms with van der Waals surface area (Å²) in [7, 11) is 0. The molecule has 9 heteroatoms. The van der Waals surface area contributed by atoms with Gasteiger partial charge in [0.05, 0.1) is 22.5 Å². The number of benzene rings is 2. The van der Waals surface area contributed by atoms with E-state index < -0.39 is 6.10 Å². The fraction of sp³-hybridized carbons (Fsp3) is 0.286. The van der Waals surface area contributed by atoms with Crippen molar-refractivity contribution in [1.29, 1.82) is 0 Å². The standard InChI is InChI=1S/C21H20Cl3N3O3/c1-3-8-27(21(29)12(2)30-18-7-5-13(22)9-16(18)24)11-19-25-17-10-14(23)4-6-15(17)20(28)26-19/h4-7,9-10,12H,3,8,11H2,1-2H3,(H,25,26,28). The van der Waals surface area contributed by atoms with Gasteiger partial charge in [0, 0.05) is 16.6 Å². The van der Waals surface area contributed by atoms with Crippen molar-refractivity contribution in [3.63, 3.8) is 0 Å². The van der Waals surface area contributed by atoms with Crippen LogP contribution in [0.3, 0.4) is 0 Å². The van der Waals surface area contributed by atoms with E-state index in [9.17, 15) is 9.59 Å². The highest BCUT2D eigenvalue weighted by molar-refractivity contribution is 6.35. The first-order valence-corrected chi connectivity index (χ1v) is 10.5. The van der Waals surface area contributed by atoms with Gasteiger partial charge in [0.25, 0.3) is 11.5 Å². The first-order chi connectivity index (χ1) is 14.3. The Labute approximate surface area is 188 Å². The third-order valence-electron chi connectivity index (χ3n) is 4.41. The molecule has 3 aromatic rings. The molecule has 3 rings (SSSR count). The van der Waals surface area contributed by atoms with E-state index in [1.807, 2.05) is 6.92 Å². The number of nitrogens with one attached hydrogen (secondary N) is 1. The number of aromatic nitrogens is 2. The van der Waals surface area contributed by atoms with Crippen molar-refractivity contribution in [1.82, 2.24) is 14.9 Å². The molecule has 0 saturated carbocycles. The van der Waals surface area contributed by atoms with E-state index >= 15 is 0 Å². The molecule has 30 heavy (non-hydrogen) atoms. The Bertz CT molecular complexity index is 1130. The maximum atomic E-state index is 13.0. The normalized spacial score (nSPS) is 12.0. The van der Waals surface area contributed by atoms with Crippen molar-refractivity contribution >= 4 is 51.6 Å². The molecule has 2 aromatic carbocycles. The molecule has 1 aromatic heterocycles. The van der Waals surface area contributed by atoms with Crippen LogP contribution in [-0.4, -0.2) is 33.4 Å². The monoisotopic (exact) mass is 467 g/mol. The second kappa shape index (κ2) is 9.69. The minimum atomic E-state index is -0.795. The highest BCUT2D eigenvalue weighted by Gasteiger charge is 2.23. The Hall–Kier alpha value is -2.28. The Morgan fingerprint density at radius 2 is 1.87 bits per heavy atom. The van der Waals surface area contributed by atoms with Crippen LogP contribution < -0.4 is 10.3 Å². The number of hydrogen-bond acceptors (Lipinski definition) is 4. The van der Waals surface area contributed by atoms with Crippen molar-refractivity contribution in [2.45, 2.75) is 32.9 Å². The summed E-state index contributed by atoms with van der Waals surface area (Å²) in [4.78, 5) is 34.2. The molecule has 1 atom stereocenters. The Morgan fingerprint density at radius 3 is 2.57 bits per heavy atom. The summed E-state index contributed by atoms with van der Waals surface area (Å²) >= 11 is 18.1. The largest absolute Gasteiger partial charge is 0.479 e. The van der Waals surface area contributed by atoms with Crippen molar-refractivity contribution in [2.24, 2.45) is 0 Å². The molecule has 0 aliphatic rings. The molecule has 0 radical (unpaired) electrons. The van der Waals surface area contributed by atoms with Crippen molar-refractivity contribution < 1.29 is 9.53 Å². The van der Waals surface area contributed by atoms with Gasteiger partial charge in [-0.15, -0.1) is 0 Å². The number of hydrogen-bond donors (Lipinski definition) is 1. The van der Waals surface area contributed by atoms with Crippen LogP contribution in [0.15, 0.2) is 41.2 Å². The second-order valence-electron chi connectivity index (χ2n) is 6.77. The number of carbonyl (C=O) groups is 1. The maximum Gasteiger partial charge on any atom is 0.263 e. The van der Waals surface area contributed by atoms with Crippen LogP contribution >= 0.6 is 34.8 Å². The van der Waals surface area contributed by atoms with Gasteiger partial charge in [-0.2, -0.15) is 0 Å². The number of fused-ring (bicyclic) bond motifs is 1. The van der Waals surface area contributed by atoms with Gasteiger partial charge >= 0.3 is 0 Å². The van der Waals surface area contributed by atoms with Gasteiger partial charge in [0.2, 0.25) is 0 Å². The smallest absolute Gasteiger partial charge is 0.263 e. The lowest BCUT2D eigenvalue weighted by Crippen LogP contribution is -2.41. The van der Waals surface area contributed by atoms with Crippen molar-refractivity contribution in [3.8, 4) is 5.75 Å². The van der Waals surface area contributed by atoms with Crippen LogP contribution in [0.4, 0.5) is 0 Å². The fourth-order valence-corrected chi connectivity index (χ4v) is 3.64. The SMILES string of the molecule is CCCN(Cc1nc2cc(Cl)ccc2c(=O)[nH]1)C(=O)C(C)Oc1ccc(Cl)cc1Cl. The third-order valence-corrected chi connectivity index (χ3v) is 5.17. The number of ether oxygens (including phenoxy) is 1. The van der Waals surface area contributed by atoms with Gasteiger partial charge in [-0.1, -0.05) is 41.7 Å². The van der Waals surface area contributed by atoms with Crippen LogP contribution in [0.1, 0.15) is 26.1 Å². The molecule has 158 valence electrons. The molecule has 6 nitrogen and oxygen atoms in total. The van der Waals surface area contributed by atoms with Gasteiger partial charge in [-0.05, 0) is 49.7 Å². The zero-order chi connectivity index (χ0) is 21.8. The Morgan fingerprint density at radius 1 is 1.17 bits per heavy atom. The average molecular weight is 469 g/mol. The number of halogens is 3. The van der Waals surface area contributed by atoms with E-state index in [1.165, 1.54) is 0 Å². The second-order valence-corrected chi connectivity index (χ2v) is 8.05. The molecule has 1 N–H and O–H groups in total. The molecular formula is C21H20Cl3N3O3. The fourth-order valence-electron chi connectivity index (χ4n) is 3.02. The van der Waals surface area contributed by atoms with E-state index in [0.29, 0.717) is 44.1 Å². The van der Waals surface area contributed by atoms with Crippen molar-refractivity contribution in [2.75, 3.05) is 6.54 Å².